The van der Waals surface area contributed by atoms with Crippen LogP contribution in [0.2, 0.25) is 0 Å². The van der Waals surface area contributed by atoms with E-state index in [9.17, 15) is 18.0 Å². The number of ketones is 1. The van der Waals surface area contributed by atoms with Crippen molar-refractivity contribution in [3.63, 3.8) is 0 Å². The number of sulfonamides is 1. The van der Waals surface area contributed by atoms with Crippen LogP contribution in [0.1, 0.15) is 50.2 Å². The molecule has 0 saturated carbocycles. The Balaban J connectivity index is 1.63. The lowest BCUT2D eigenvalue weighted by molar-refractivity contribution is -0.123. The van der Waals surface area contributed by atoms with Crippen LogP contribution in [-0.2, 0) is 38.9 Å². The van der Waals surface area contributed by atoms with Crippen molar-refractivity contribution in [1.29, 1.82) is 0 Å². The summed E-state index contributed by atoms with van der Waals surface area (Å²) in [4.78, 5) is 25.5. The number of rotatable bonds is 7. The molecule has 1 aliphatic heterocycles. The van der Waals surface area contributed by atoms with Crippen molar-refractivity contribution in [3.8, 4) is 0 Å². The molecular weight excluding hydrogens is 474 g/mol. The van der Waals surface area contributed by atoms with Gasteiger partial charge in [0.2, 0.25) is 10.0 Å². The molecule has 6 nitrogen and oxygen atoms in total. The van der Waals surface area contributed by atoms with Crippen LogP contribution < -0.4 is 0 Å². The van der Waals surface area contributed by atoms with Crippen molar-refractivity contribution in [2.24, 2.45) is 0 Å². The van der Waals surface area contributed by atoms with E-state index in [2.05, 4.69) is 0 Å². The average Bonchev–Trinajstić information content (AvgIpc) is 2.85. The van der Waals surface area contributed by atoms with E-state index in [-0.39, 0.29) is 23.6 Å². The number of nitrogens with zero attached hydrogens (tertiary/aromatic N) is 1. The predicted octanol–water partition coefficient (Wildman–Crippen LogP) is 4.72. The molecule has 0 saturated heterocycles. The molecule has 0 aliphatic carbocycles. The number of aryl methyl sites for hydroxylation is 4. The molecule has 1 unspecified atom stereocenters. The number of esters is 1. The molecule has 0 N–H and O–H groups in total. The molecular formula is C29H31NO5S. The Hall–Kier alpha value is -3.29. The van der Waals surface area contributed by atoms with E-state index in [0.29, 0.717) is 29.5 Å². The Kier molecular flexibility index (Phi) is 7.43. The van der Waals surface area contributed by atoms with Crippen LogP contribution in [-0.4, -0.2) is 37.6 Å². The number of Topliss-reactive ketones (excluding diaryl/α,β-unsaturated/α-hetero) is 1. The SMILES string of the molecule is COC(=O)c1ccc(CCC(=O)C2Cc3ccccc3CN2S(=O)(=O)c2c(C)cc(C)cc2C)cc1. The zero-order valence-electron chi connectivity index (χ0n) is 21.1. The molecule has 7 heteroatoms. The number of carbonyl (C=O) groups is 2. The van der Waals surface area contributed by atoms with E-state index in [1.165, 1.54) is 11.4 Å². The Morgan fingerprint density at radius 2 is 1.56 bits per heavy atom. The molecule has 188 valence electrons. The third-order valence-electron chi connectivity index (χ3n) is 6.78. The van der Waals surface area contributed by atoms with Gasteiger partial charge < -0.3 is 4.74 Å². The fourth-order valence-corrected chi connectivity index (χ4v) is 7.08. The maximum Gasteiger partial charge on any atom is 0.337 e. The van der Waals surface area contributed by atoms with E-state index in [1.54, 1.807) is 38.1 Å². The van der Waals surface area contributed by atoms with Gasteiger partial charge in [0.25, 0.3) is 0 Å². The van der Waals surface area contributed by atoms with Gasteiger partial charge in [-0.3, -0.25) is 4.79 Å². The maximum atomic E-state index is 14.0. The molecule has 0 aromatic heterocycles. The topological polar surface area (TPSA) is 80.8 Å². The second kappa shape index (κ2) is 10.4. The number of hydrogen-bond donors (Lipinski definition) is 0. The van der Waals surface area contributed by atoms with Crippen molar-refractivity contribution in [1.82, 2.24) is 4.31 Å². The fraction of sp³-hybridized carbons (Fsp3) is 0.310. The molecule has 36 heavy (non-hydrogen) atoms. The first-order valence-corrected chi connectivity index (χ1v) is 13.4. The van der Waals surface area contributed by atoms with Crippen LogP contribution in [0, 0.1) is 20.8 Å². The fourth-order valence-electron chi connectivity index (χ4n) is 5.08. The molecule has 4 rings (SSSR count). The van der Waals surface area contributed by atoms with Crippen LogP contribution >= 0.6 is 0 Å². The van der Waals surface area contributed by atoms with Crippen molar-refractivity contribution in [2.75, 3.05) is 7.11 Å². The van der Waals surface area contributed by atoms with Gasteiger partial charge in [-0.1, -0.05) is 54.1 Å². The molecule has 0 bridgehead atoms. The van der Waals surface area contributed by atoms with Gasteiger partial charge >= 0.3 is 5.97 Å². The molecule has 0 spiro atoms. The van der Waals surface area contributed by atoms with Crippen LogP contribution in [0.25, 0.3) is 0 Å². The van der Waals surface area contributed by atoms with Gasteiger partial charge in [0.05, 0.1) is 23.6 Å². The minimum absolute atomic E-state index is 0.118. The smallest absolute Gasteiger partial charge is 0.337 e. The van der Waals surface area contributed by atoms with Gasteiger partial charge in [0.15, 0.2) is 5.78 Å². The highest BCUT2D eigenvalue weighted by Crippen LogP contribution is 2.33. The Morgan fingerprint density at radius 3 is 2.17 bits per heavy atom. The summed E-state index contributed by atoms with van der Waals surface area (Å²) in [6, 6.07) is 17.6. The minimum atomic E-state index is -3.92. The molecule has 3 aromatic carbocycles. The van der Waals surface area contributed by atoms with Crippen LogP contribution in [0.3, 0.4) is 0 Å². The number of hydrogen-bond acceptors (Lipinski definition) is 5. The van der Waals surface area contributed by atoms with Crippen LogP contribution in [0.4, 0.5) is 0 Å². The number of methoxy groups -OCH3 is 1. The second-order valence-electron chi connectivity index (χ2n) is 9.42. The van der Waals surface area contributed by atoms with E-state index in [1.807, 2.05) is 43.3 Å². The summed E-state index contributed by atoms with van der Waals surface area (Å²) in [5.74, 6) is -0.534. The lowest BCUT2D eigenvalue weighted by Gasteiger charge is -2.36. The summed E-state index contributed by atoms with van der Waals surface area (Å²) < 4.78 is 34.1. The molecule has 1 atom stereocenters. The summed E-state index contributed by atoms with van der Waals surface area (Å²) in [6.07, 6.45) is 0.997. The third kappa shape index (κ3) is 5.13. The molecule has 1 heterocycles. The lowest BCUT2D eigenvalue weighted by atomic mass is 9.91. The van der Waals surface area contributed by atoms with Gasteiger partial charge in [0, 0.05) is 13.0 Å². The lowest BCUT2D eigenvalue weighted by Crippen LogP contribution is -2.48. The monoisotopic (exact) mass is 505 g/mol. The van der Waals surface area contributed by atoms with Gasteiger partial charge in [0.1, 0.15) is 0 Å². The van der Waals surface area contributed by atoms with Gasteiger partial charge in [-0.05, 0) is 73.6 Å². The summed E-state index contributed by atoms with van der Waals surface area (Å²) in [5.41, 5.74) is 5.63. The highest BCUT2D eigenvalue weighted by atomic mass is 32.2. The van der Waals surface area contributed by atoms with Gasteiger partial charge in [-0.25, -0.2) is 13.2 Å². The predicted molar refractivity (Wildman–Crippen MR) is 138 cm³/mol. The first-order valence-electron chi connectivity index (χ1n) is 12.0. The van der Waals surface area contributed by atoms with Crippen molar-refractivity contribution >= 4 is 21.8 Å². The molecule has 0 amide bonds. The minimum Gasteiger partial charge on any atom is -0.465 e. The van der Waals surface area contributed by atoms with Crippen LogP contribution in [0.5, 0.6) is 0 Å². The summed E-state index contributed by atoms with van der Waals surface area (Å²) in [5, 5.41) is 0. The van der Waals surface area contributed by atoms with E-state index < -0.39 is 22.0 Å². The number of carbonyl (C=O) groups excluding carboxylic acids is 2. The Bertz CT molecular complexity index is 1390. The zero-order valence-corrected chi connectivity index (χ0v) is 21.9. The largest absolute Gasteiger partial charge is 0.465 e. The summed E-state index contributed by atoms with van der Waals surface area (Å²) in [7, 11) is -2.59. The number of ether oxygens (including phenoxy) is 1. The first kappa shape index (κ1) is 25.8. The van der Waals surface area contributed by atoms with Crippen molar-refractivity contribution in [3.05, 3.63) is 99.6 Å². The highest BCUT2D eigenvalue weighted by molar-refractivity contribution is 7.89. The van der Waals surface area contributed by atoms with Crippen molar-refractivity contribution in [2.45, 2.75) is 57.5 Å². The number of fused-ring (bicyclic) bond motifs is 1. The Labute approximate surface area is 213 Å². The van der Waals surface area contributed by atoms with Gasteiger partial charge in [-0.15, -0.1) is 0 Å². The third-order valence-corrected chi connectivity index (χ3v) is 8.94. The molecule has 0 fully saturated rings. The maximum absolute atomic E-state index is 14.0. The normalized spacial score (nSPS) is 15.8. The van der Waals surface area contributed by atoms with Crippen molar-refractivity contribution < 1.29 is 22.7 Å². The second-order valence-corrected chi connectivity index (χ2v) is 11.2. The van der Waals surface area contributed by atoms with E-state index >= 15 is 0 Å². The quantitative estimate of drug-likeness (QED) is 0.434. The van der Waals surface area contributed by atoms with Crippen LogP contribution in [0.15, 0.2) is 65.6 Å². The van der Waals surface area contributed by atoms with E-state index in [4.69, 9.17) is 4.74 Å². The first-order chi connectivity index (χ1) is 17.1. The molecule has 3 aromatic rings. The zero-order chi connectivity index (χ0) is 26.0. The molecule has 1 aliphatic rings. The number of benzene rings is 3. The summed E-state index contributed by atoms with van der Waals surface area (Å²) >= 11 is 0. The van der Waals surface area contributed by atoms with Gasteiger partial charge in [-0.2, -0.15) is 4.31 Å². The molecule has 0 radical (unpaired) electrons. The highest BCUT2D eigenvalue weighted by Gasteiger charge is 2.40. The summed E-state index contributed by atoms with van der Waals surface area (Å²) in [6.45, 7) is 5.71. The standard InChI is InChI=1S/C29H31NO5S/c1-19-15-20(2)28(21(3)16-19)36(33,34)30-18-25-8-6-5-7-24(25)17-26(30)27(31)14-11-22-9-12-23(13-10-22)29(32)35-4/h5-10,12-13,15-16,26H,11,14,17-18H2,1-4H3. The Morgan fingerprint density at radius 1 is 0.944 bits per heavy atom. The van der Waals surface area contributed by atoms with E-state index in [0.717, 1.165) is 22.3 Å². The average molecular weight is 506 g/mol.